The predicted octanol–water partition coefficient (Wildman–Crippen LogP) is 5.02. The highest BCUT2D eigenvalue weighted by atomic mass is 16.7. The van der Waals surface area contributed by atoms with Crippen molar-refractivity contribution in [2.45, 2.75) is 90.8 Å². The molecule has 1 amide bonds. The summed E-state index contributed by atoms with van der Waals surface area (Å²) < 4.78 is 10.1. The zero-order valence-corrected chi connectivity index (χ0v) is 16.6. The zero-order valence-electron chi connectivity index (χ0n) is 16.6. The number of carbonyl (C=O) groups is 1. The van der Waals surface area contributed by atoms with Crippen LogP contribution in [0.5, 0.6) is 0 Å². The third-order valence-electron chi connectivity index (χ3n) is 4.07. The molecule has 6 heteroatoms. The zero-order chi connectivity index (χ0) is 18.8. The van der Waals surface area contributed by atoms with E-state index in [9.17, 15) is 4.79 Å². The fraction of sp³-hybridized carbons (Fsp3) is 0.895. The van der Waals surface area contributed by atoms with Gasteiger partial charge in [-0.25, -0.2) is 4.79 Å². The molecular weight excluding hydrogens is 320 g/mol. The average molecular weight is 359 g/mol. The van der Waals surface area contributed by atoms with Crippen molar-refractivity contribution in [3.8, 4) is 0 Å². The summed E-state index contributed by atoms with van der Waals surface area (Å²) in [5.41, 5.74) is 0.641. The Hall–Kier alpha value is -1.14. The van der Waals surface area contributed by atoms with Crippen molar-refractivity contribution in [3.05, 3.63) is 0 Å². The fourth-order valence-electron chi connectivity index (χ4n) is 2.50. The van der Waals surface area contributed by atoms with Crippen LogP contribution in [0.2, 0.25) is 0 Å². The molecule has 0 aliphatic carbocycles. The number of hydrogen-bond acceptors (Lipinski definition) is 5. The van der Waals surface area contributed by atoms with Gasteiger partial charge >= 0.3 is 6.09 Å². The first-order valence-electron chi connectivity index (χ1n) is 9.67. The molecule has 6 nitrogen and oxygen atoms in total. The average Bonchev–Trinajstić information content (AvgIpc) is 2.62. The fourth-order valence-corrected chi connectivity index (χ4v) is 2.50. The van der Waals surface area contributed by atoms with Crippen molar-refractivity contribution in [1.82, 2.24) is 5.32 Å². The maximum Gasteiger partial charge on any atom is 0.433 e. The molecule has 0 aliphatic heterocycles. The Bertz CT molecular complexity index is 344. The molecule has 0 aromatic rings. The quantitative estimate of drug-likeness (QED) is 0.138. The van der Waals surface area contributed by atoms with Gasteiger partial charge in [0.05, 0.1) is 5.71 Å². The summed E-state index contributed by atoms with van der Waals surface area (Å²) in [6.45, 7) is 4.64. The number of ether oxygens (including phenoxy) is 2. The lowest BCUT2D eigenvalue weighted by Crippen LogP contribution is -2.24. The first-order valence-corrected chi connectivity index (χ1v) is 9.67. The van der Waals surface area contributed by atoms with Crippen molar-refractivity contribution in [2.24, 2.45) is 5.16 Å². The lowest BCUT2D eigenvalue weighted by molar-refractivity contribution is -0.0961. The van der Waals surface area contributed by atoms with Crippen LogP contribution >= 0.6 is 0 Å². The molecule has 0 spiro atoms. The number of hydrogen-bond donors (Lipinski definition) is 1. The minimum absolute atomic E-state index is 0.373. The van der Waals surface area contributed by atoms with Crippen LogP contribution in [0.3, 0.4) is 0 Å². The highest BCUT2D eigenvalue weighted by molar-refractivity contribution is 5.82. The van der Waals surface area contributed by atoms with E-state index in [2.05, 4.69) is 17.4 Å². The van der Waals surface area contributed by atoms with E-state index in [4.69, 9.17) is 14.3 Å². The molecule has 0 aliphatic rings. The smallest absolute Gasteiger partial charge is 0.356 e. The monoisotopic (exact) mass is 358 g/mol. The van der Waals surface area contributed by atoms with E-state index in [1.807, 2.05) is 0 Å². The van der Waals surface area contributed by atoms with Gasteiger partial charge in [-0.3, -0.25) is 4.84 Å². The van der Waals surface area contributed by atoms with Gasteiger partial charge in [-0.05, 0) is 13.3 Å². The van der Waals surface area contributed by atoms with E-state index < -0.39 is 6.09 Å². The van der Waals surface area contributed by atoms with E-state index in [0.717, 1.165) is 12.8 Å². The Balaban J connectivity index is 3.49. The highest BCUT2D eigenvalue weighted by Crippen LogP contribution is 2.10. The summed E-state index contributed by atoms with van der Waals surface area (Å²) in [6, 6.07) is 0. The molecule has 0 atom stereocenters. The molecule has 0 radical (unpaired) electrons. The molecular formula is C19H38N2O4. The predicted molar refractivity (Wildman–Crippen MR) is 102 cm³/mol. The maximum absolute atomic E-state index is 11.5. The molecule has 0 heterocycles. The molecule has 0 rings (SSSR count). The number of oxime groups is 1. The van der Waals surface area contributed by atoms with Crippen LogP contribution in [0.1, 0.15) is 84.5 Å². The molecule has 148 valence electrons. The lowest BCUT2D eigenvalue weighted by Gasteiger charge is -2.12. The standard InChI is InChI=1S/C19H38N2O4/c1-5-6-7-8-9-10-11-12-13-14-15-20-19(22)25-21-17(2)16-18(23-3)24-4/h18H,5-16H2,1-4H3,(H,20,22). The second kappa shape index (κ2) is 17.7. The van der Waals surface area contributed by atoms with Crippen molar-refractivity contribution in [2.75, 3.05) is 20.8 Å². The van der Waals surface area contributed by atoms with Gasteiger partial charge in [0.15, 0.2) is 6.29 Å². The summed E-state index contributed by atoms with van der Waals surface area (Å²) in [4.78, 5) is 16.3. The molecule has 0 fully saturated rings. The molecule has 0 saturated carbocycles. The van der Waals surface area contributed by atoms with Gasteiger partial charge in [-0.1, -0.05) is 69.9 Å². The molecule has 0 aromatic carbocycles. The topological polar surface area (TPSA) is 69.2 Å². The molecule has 0 saturated heterocycles. The highest BCUT2D eigenvalue weighted by Gasteiger charge is 2.08. The molecule has 0 unspecified atom stereocenters. The summed E-state index contributed by atoms with van der Waals surface area (Å²) in [5.74, 6) is 0. The third-order valence-corrected chi connectivity index (χ3v) is 4.07. The van der Waals surface area contributed by atoms with Crippen molar-refractivity contribution in [3.63, 3.8) is 0 Å². The van der Waals surface area contributed by atoms with Gasteiger partial charge < -0.3 is 14.8 Å². The van der Waals surface area contributed by atoms with Crippen LogP contribution in [0.15, 0.2) is 5.16 Å². The first-order chi connectivity index (χ1) is 12.1. The van der Waals surface area contributed by atoms with E-state index in [-0.39, 0.29) is 6.29 Å². The van der Waals surface area contributed by atoms with Gasteiger partial charge in [-0.2, -0.15) is 0 Å². The second-order valence-corrected chi connectivity index (χ2v) is 6.42. The van der Waals surface area contributed by atoms with Gasteiger partial charge in [-0.15, -0.1) is 0 Å². The minimum atomic E-state index is -0.512. The van der Waals surface area contributed by atoms with Crippen LogP contribution in [0.25, 0.3) is 0 Å². The van der Waals surface area contributed by atoms with Gasteiger partial charge in [0.2, 0.25) is 0 Å². The number of amides is 1. The molecule has 0 aromatic heterocycles. The number of nitrogens with one attached hydrogen (secondary N) is 1. The Morgan fingerprint density at radius 3 is 1.96 bits per heavy atom. The summed E-state index contributed by atoms with van der Waals surface area (Å²) in [7, 11) is 3.11. The Labute approximate surface area is 153 Å². The number of unbranched alkanes of at least 4 members (excludes halogenated alkanes) is 9. The Morgan fingerprint density at radius 2 is 1.44 bits per heavy atom. The summed E-state index contributed by atoms with van der Waals surface area (Å²) >= 11 is 0. The summed E-state index contributed by atoms with van der Waals surface area (Å²) in [6.07, 6.45) is 12.3. The molecule has 0 bridgehead atoms. The SMILES string of the molecule is CCCCCCCCCCCCNC(=O)ON=C(C)CC(OC)OC. The third kappa shape index (κ3) is 16.1. The van der Waals surface area contributed by atoms with Crippen LogP contribution in [-0.4, -0.2) is 38.9 Å². The van der Waals surface area contributed by atoms with Crippen molar-refractivity contribution < 1.29 is 19.1 Å². The van der Waals surface area contributed by atoms with Crippen LogP contribution in [0.4, 0.5) is 4.79 Å². The Kier molecular flexibility index (Phi) is 16.9. The number of rotatable bonds is 16. The number of methoxy groups -OCH3 is 2. The van der Waals surface area contributed by atoms with E-state index in [0.29, 0.717) is 18.7 Å². The largest absolute Gasteiger partial charge is 0.433 e. The Morgan fingerprint density at radius 1 is 0.920 bits per heavy atom. The van der Waals surface area contributed by atoms with E-state index >= 15 is 0 Å². The molecule has 25 heavy (non-hydrogen) atoms. The summed E-state index contributed by atoms with van der Waals surface area (Å²) in [5, 5.41) is 6.49. The maximum atomic E-state index is 11.5. The first kappa shape index (κ1) is 23.9. The number of carbonyl (C=O) groups excluding carboxylic acids is 1. The van der Waals surface area contributed by atoms with Crippen LogP contribution in [0, 0.1) is 0 Å². The van der Waals surface area contributed by atoms with Gasteiger partial charge in [0, 0.05) is 27.2 Å². The van der Waals surface area contributed by atoms with E-state index in [1.54, 1.807) is 21.1 Å². The number of nitrogens with zero attached hydrogens (tertiary/aromatic N) is 1. The van der Waals surface area contributed by atoms with Crippen molar-refractivity contribution in [1.29, 1.82) is 0 Å². The lowest BCUT2D eigenvalue weighted by atomic mass is 10.1. The van der Waals surface area contributed by atoms with Crippen molar-refractivity contribution >= 4 is 11.8 Å². The second-order valence-electron chi connectivity index (χ2n) is 6.42. The minimum Gasteiger partial charge on any atom is -0.356 e. The molecule has 1 N–H and O–H groups in total. The normalized spacial score (nSPS) is 11.8. The van der Waals surface area contributed by atoms with Gasteiger partial charge in [0.25, 0.3) is 0 Å². The van der Waals surface area contributed by atoms with Crippen LogP contribution in [-0.2, 0) is 14.3 Å². The van der Waals surface area contributed by atoms with E-state index in [1.165, 1.54) is 51.4 Å². The van der Waals surface area contributed by atoms with Crippen LogP contribution < -0.4 is 5.32 Å². The van der Waals surface area contributed by atoms with Gasteiger partial charge in [0.1, 0.15) is 0 Å².